The fourth-order valence-corrected chi connectivity index (χ4v) is 4.13. The van der Waals surface area contributed by atoms with Crippen LogP contribution in [0.4, 0.5) is 4.39 Å². The molecule has 0 spiro atoms. The molecule has 1 amide bonds. The van der Waals surface area contributed by atoms with Gasteiger partial charge < -0.3 is 10.1 Å². The minimum atomic E-state index is -0.371. The number of para-hydroxylation sites is 1. The highest BCUT2D eigenvalue weighted by Crippen LogP contribution is 2.29. The number of thioether (sulfide) groups is 1. The lowest BCUT2D eigenvalue weighted by atomic mass is 10.2. The minimum absolute atomic E-state index is 0.0756. The highest BCUT2D eigenvalue weighted by molar-refractivity contribution is 7.99. The number of hydrogen-bond donors (Lipinski definition) is 1. The monoisotopic (exact) mass is 441 g/mol. The van der Waals surface area contributed by atoms with Crippen LogP contribution in [-0.2, 0) is 9.53 Å². The van der Waals surface area contributed by atoms with Gasteiger partial charge in [0.15, 0.2) is 11.0 Å². The molecule has 1 aliphatic heterocycles. The Morgan fingerprint density at radius 3 is 2.58 bits per heavy atom. The number of benzene rings is 2. The number of aromatic nitrogens is 3. The maximum Gasteiger partial charge on any atom is 0.230 e. The van der Waals surface area contributed by atoms with E-state index in [4.69, 9.17) is 4.74 Å². The van der Waals surface area contributed by atoms with E-state index in [0.717, 1.165) is 38.5 Å². The lowest BCUT2D eigenvalue weighted by Gasteiger charge is -2.26. The third-order valence-corrected chi connectivity index (χ3v) is 5.88. The SMILES string of the molecule is O=C(CSc1nnc(-c2ccccc2F)n1-c1ccccc1)NCCN1CCOCC1. The van der Waals surface area contributed by atoms with Gasteiger partial charge in [-0.25, -0.2) is 4.39 Å². The fraction of sp³-hybridized carbons (Fsp3) is 0.318. The van der Waals surface area contributed by atoms with Crippen LogP contribution in [0.5, 0.6) is 0 Å². The number of rotatable bonds is 8. The lowest BCUT2D eigenvalue weighted by Crippen LogP contribution is -2.41. The van der Waals surface area contributed by atoms with E-state index in [1.165, 1.54) is 17.8 Å². The summed E-state index contributed by atoms with van der Waals surface area (Å²) in [5.74, 6) is 0.156. The number of nitrogens with zero attached hydrogens (tertiary/aromatic N) is 4. The second-order valence-electron chi connectivity index (χ2n) is 7.05. The normalized spacial score (nSPS) is 14.5. The van der Waals surface area contributed by atoms with Crippen molar-refractivity contribution in [2.75, 3.05) is 45.1 Å². The van der Waals surface area contributed by atoms with Gasteiger partial charge in [0.1, 0.15) is 5.82 Å². The Balaban J connectivity index is 1.44. The summed E-state index contributed by atoms with van der Waals surface area (Å²) in [5.41, 5.74) is 1.17. The molecule has 3 aromatic rings. The van der Waals surface area contributed by atoms with Gasteiger partial charge in [-0.3, -0.25) is 14.3 Å². The summed E-state index contributed by atoms with van der Waals surface area (Å²) in [6.07, 6.45) is 0. The number of carbonyl (C=O) groups excluding carboxylic acids is 1. The number of morpholine rings is 1. The van der Waals surface area contributed by atoms with Crippen molar-refractivity contribution >= 4 is 17.7 Å². The molecule has 1 aromatic heterocycles. The summed E-state index contributed by atoms with van der Waals surface area (Å²) in [5, 5.41) is 12.0. The third-order valence-electron chi connectivity index (χ3n) is 4.95. The molecule has 4 rings (SSSR count). The van der Waals surface area contributed by atoms with E-state index in [0.29, 0.717) is 23.1 Å². The molecule has 0 atom stereocenters. The van der Waals surface area contributed by atoms with E-state index in [2.05, 4.69) is 20.4 Å². The average Bonchev–Trinajstić information content (AvgIpc) is 3.23. The van der Waals surface area contributed by atoms with Crippen LogP contribution in [0.3, 0.4) is 0 Å². The molecule has 0 bridgehead atoms. The standard InChI is InChI=1S/C22H24FN5O2S/c23-19-9-5-4-8-18(19)21-25-26-22(28(21)17-6-2-1-3-7-17)31-16-20(29)24-10-11-27-12-14-30-15-13-27/h1-9H,10-16H2,(H,24,29). The molecule has 1 saturated heterocycles. The van der Waals surface area contributed by atoms with Crippen molar-refractivity contribution in [1.82, 2.24) is 25.0 Å². The van der Waals surface area contributed by atoms with Gasteiger partial charge in [0.2, 0.25) is 5.91 Å². The molecule has 0 aliphatic carbocycles. The van der Waals surface area contributed by atoms with Crippen LogP contribution < -0.4 is 5.32 Å². The number of carbonyl (C=O) groups is 1. The van der Waals surface area contributed by atoms with Gasteiger partial charge >= 0.3 is 0 Å². The van der Waals surface area contributed by atoms with Crippen LogP contribution >= 0.6 is 11.8 Å². The number of amides is 1. The van der Waals surface area contributed by atoms with Crippen LogP contribution in [-0.4, -0.2) is 70.7 Å². The number of ether oxygens (including phenoxy) is 1. The number of hydrogen-bond acceptors (Lipinski definition) is 6. The van der Waals surface area contributed by atoms with Gasteiger partial charge in [-0.05, 0) is 24.3 Å². The Morgan fingerprint density at radius 1 is 1.06 bits per heavy atom. The van der Waals surface area contributed by atoms with Crippen LogP contribution in [0.1, 0.15) is 0 Å². The molecule has 1 N–H and O–H groups in total. The van der Waals surface area contributed by atoms with Gasteiger partial charge in [-0.2, -0.15) is 0 Å². The third kappa shape index (κ3) is 5.49. The molecule has 31 heavy (non-hydrogen) atoms. The molecule has 0 radical (unpaired) electrons. The second kappa shape index (κ2) is 10.5. The topological polar surface area (TPSA) is 72.3 Å². The van der Waals surface area contributed by atoms with Crippen LogP contribution in [0.15, 0.2) is 59.8 Å². The Hall–Kier alpha value is -2.75. The number of nitrogens with one attached hydrogen (secondary N) is 1. The summed E-state index contributed by atoms with van der Waals surface area (Å²) in [4.78, 5) is 14.6. The zero-order chi connectivity index (χ0) is 21.5. The lowest BCUT2D eigenvalue weighted by molar-refractivity contribution is -0.118. The maximum absolute atomic E-state index is 14.4. The highest BCUT2D eigenvalue weighted by atomic mass is 32.2. The van der Waals surface area contributed by atoms with Crippen molar-refractivity contribution < 1.29 is 13.9 Å². The predicted octanol–water partition coefficient (Wildman–Crippen LogP) is 2.61. The summed E-state index contributed by atoms with van der Waals surface area (Å²) in [6, 6.07) is 16.0. The molecular formula is C22H24FN5O2S. The summed E-state index contributed by atoms with van der Waals surface area (Å²) in [6.45, 7) is 4.66. The second-order valence-corrected chi connectivity index (χ2v) is 7.99. The first-order valence-corrected chi connectivity index (χ1v) is 11.2. The van der Waals surface area contributed by atoms with Gasteiger partial charge in [0, 0.05) is 31.9 Å². The first kappa shape index (κ1) is 21.5. The molecule has 7 nitrogen and oxygen atoms in total. The minimum Gasteiger partial charge on any atom is -0.379 e. The van der Waals surface area contributed by atoms with Crippen LogP contribution in [0.2, 0.25) is 0 Å². The Morgan fingerprint density at radius 2 is 1.81 bits per heavy atom. The molecule has 2 aromatic carbocycles. The predicted molar refractivity (Wildman–Crippen MR) is 118 cm³/mol. The van der Waals surface area contributed by atoms with E-state index >= 15 is 0 Å². The molecular weight excluding hydrogens is 417 g/mol. The molecule has 9 heteroatoms. The zero-order valence-electron chi connectivity index (χ0n) is 17.0. The van der Waals surface area contributed by atoms with E-state index in [-0.39, 0.29) is 17.5 Å². The summed E-state index contributed by atoms with van der Waals surface area (Å²) in [7, 11) is 0. The van der Waals surface area contributed by atoms with E-state index in [1.54, 1.807) is 22.8 Å². The molecule has 2 heterocycles. The summed E-state index contributed by atoms with van der Waals surface area (Å²) >= 11 is 1.28. The van der Waals surface area contributed by atoms with E-state index < -0.39 is 0 Å². The largest absolute Gasteiger partial charge is 0.379 e. The van der Waals surface area contributed by atoms with Gasteiger partial charge in [0.05, 0.1) is 24.5 Å². The number of halogens is 1. The molecule has 0 saturated carbocycles. The Kier molecular flexibility index (Phi) is 7.29. The van der Waals surface area contributed by atoms with Crippen molar-refractivity contribution in [1.29, 1.82) is 0 Å². The first-order chi connectivity index (χ1) is 15.2. The highest BCUT2D eigenvalue weighted by Gasteiger charge is 2.19. The maximum atomic E-state index is 14.4. The molecule has 162 valence electrons. The Bertz CT molecular complexity index is 1010. The van der Waals surface area contributed by atoms with Crippen molar-refractivity contribution in [2.45, 2.75) is 5.16 Å². The van der Waals surface area contributed by atoms with Gasteiger partial charge in [-0.1, -0.05) is 42.1 Å². The molecule has 1 fully saturated rings. The molecule has 0 unspecified atom stereocenters. The molecule has 1 aliphatic rings. The van der Waals surface area contributed by atoms with Crippen molar-refractivity contribution in [3.8, 4) is 17.1 Å². The van der Waals surface area contributed by atoms with Gasteiger partial charge in [-0.15, -0.1) is 10.2 Å². The van der Waals surface area contributed by atoms with Gasteiger partial charge in [0.25, 0.3) is 0 Å². The van der Waals surface area contributed by atoms with Crippen LogP contribution in [0.25, 0.3) is 17.1 Å². The Labute approximate surface area is 184 Å². The van der Waals surface area contributed by atoms with E-state index in [1.807, 2.05) is 30.3 Å². The average molecular weight is 442 g/mol. The van der Waals surface area contributed by atoms with Crippen LogP contribution in [0, 0.1) is 5.82 Å². The van der Waals surface area contributed by atoms with E-state index in [9.17, 15) is 9.18 Å². The summed E-state index contributed by atoms with van der Waals surface area (Å²) < 4.78 is 21.5. The first-order valence-electron chi connectivity index (χ1n) is 10.2. The smallest absolute Gasteiger partial charge is 0.230 e. The quantitative estimate of drug-likeness (QED) is 0.542. The fourth-order valence-electron chi connectivity index (χ4n) is 3.35. The van der Waals surface area contributed by atoms with Crippen molar-refractivity contribution in [3.05, 3.63) is 60.4 Å². The van der Waals surface area contributed by atoms with Crippen molar-refractivity contribution in [2.24, 2.45) is 0 Å². The van der Waals surface area contributed by atoms with Crippen molar-refractivity contribution in [3.63, 3.8) is 0 Å². The zero-order valence-corrected chi connectivity index (χ0v) is 17.9.